The molecule has 0 heterocycles. The van der Waals surface area contributed by atoms with Crippen molar-refractivity contribution in [2.24, 2.45) is 45.6 Å². The molecule has 0 aromatic carbocycles. The standard InChI is InChI=1S/C28H51NO2Si/c1-19(29-30)22-12-13-23-21-11-10-20-18-26(5,31-32(8,9)25(2,3)4)16-17-27(20,6)24(21)14-15-28(22,23)7/h20-24,30H,10-18H2,1-9H3/b29-19+/t20?,21-,22+,23-,24-,26+,27-,28+/m0/s1. The molecule has 32 heavy (non-hydrogen) atoms. The Balaban J connectivity index is 1.52. The lowest BCUT2D eigenvalue weighted by atomic mass is 9.44. The van der Waals surface area contributed by atoms with Crippen molar-refractivity contribution in [3.05, 3.63) is 0 Å². The van der Waals surface area contributed by atoms with Gasteiger partial charge in [-0.25, -0.2) is 0 Å². The van der Waals surface area contributed by atoms with Crippen molar-refractivity contribution in [1.82, 2.24) is 0 Å². The fraction of sp³-hybridized carbons (Fsp3) is 0.964. The fourth-order valence-corrected chi connectivity index (χ4v) is 10.8. The Bertz CT molecular complexity index is 757. The summed E-state index contributed by atoms with van der Waals surface area (Å²) in [6.45, 7) is 21.7. The molecular formula is C28H51NO2Si. The molecule has 1 unspecified atom stereocenters. The molecule has 0 radical (unpaired) electrons. The topological polar surface area (TPSA) is 41.8 Å². The van der Waals surface area contributed by atoms with Crippen molar-refractivity contribution >= 4 is 14.0 Å². The largest absolute Gasteiger partial charge is 0.412 e. The smallest absolute Gasteiger partial charge is 0.192 e. The predicted octanol–water partition coefficient (Wildman–Crippen LogP) is 8.28. The van der Waals surface area contributed by atoms with Crippen LogP contribution in [0.1, 0.15) is 106 Å². The Kier molecular flexibility index (Phi) is 6.06. The highest BCUT2D eigenvalue weighted by Crippen LogP contribution is 2.68. The van der Waals surface area contributed by atoms with E-state index in [9.17, 15) is 5.21 Å². The highest BCUT2D eigenvalue weighted by Gasteiger charge is 2.61. The van der Waals surface area contributed by atoms with Gasteiger partial charge >= 0.3 is 0 Å². The van der Waals surface area contributed by atoms with Gasteiger partial charge in [0.05, 0.1) is 11.3 Å². The van der Waals surface area contributed by atoms with Gasteiger partial charge < -0.3 is 9.63 Å². The second-order valence-electron chi connectivity index (χ2n) is 14.6. The third kappa shape index (κ3) is 3.74. The van der Waals surface area contributed by atoms with Crippen LogP contribution in [0.5, 0.6) is 0 Å². The first-order valence-electron chi connectivity index (χ1n) is 13.6. The molecule has 0 aromatic heterocycles. The van der Waals surface area contributed by atoms with E-state index in [1.807, 2.05) is 6.92 Å². The summed E-state index contributed by atoms with van der Waals surface area (Å²) in [6, 6.07) is 0. The Morgan fingerprint density at radius 3 is 2.19 bits per heavy atom. The SMILES string of the molecule is C/C(=N\O)[C@H]1CC[C@H]2[C@@H]3CCC4C[C@](C)(O[Si](C)(C)C(C)(C)C)CC[C@]4(C)[C@H]3CC[C@]12C. The number of hydrogen-bond acceptors (Lipinski definition) is 3. The van der Waals surface area contributed by atoms with E-state index in [1.54, 1.807) is 0 Å². The Hall–Kier alpha value is -0.353. The Morgan fingerprint density at radius 2 is 1.56 bits per heavy atom. The zero-order valence-corrected chi connectivity index (χ0v) is 23.6. The van der Waals surface area contributed by atoms with Crippen LogP contribution in [-0.4, -0.2) is 24.8 Å². The fourth-order valence-electron chi connectivity index (χ4n) is 9.03. The highest BCUT2D eigenvalue weighted by atomic mass is 28.4. The molecule has 4 rings (SSSR count). The maximum Gasteiger partial charge on any atom is 0.192 e. The number of fused-ring (bicyclic) bond motifs is 5. The van der Waals surface area contributed by atoms with Crippen LogP contribution in [0.25, 0.3) is 0 Å². The van der Waals surface area contributed by atoms with Gasteiger partial charge in [-0.1, -0.05) is 39.8 Å². The van der Waals surface area contributed by atoms with Crippen LogP contribution in [0.4, 0.5) is 0 Å². The van der Waals surface area contributed by atoms with Crippen LogP contribution in [-0.2, 0) is 4.43 Å². The summed E-state index contributed by atoms with van der Waals surface area (Å²) >= 11 is 0. The Morgan fingerprint density at radius 1 is 0.906 bits per heavy atom. The summed E-state index contributed by atoms with van der Waals surface area (Å²) < 4.78 is 7.10. The van der Waals surface area contributed by atoms with Crippen LogP contribution in [0.2, 0.25) is 18.1 Å². The molecular weight excluding hydrogens is 410 g/mol. The van der Waals surface area contributed by atoms with E-state index in [1.165, 1.54) is 57.8 Å². The summed E-state index contributed by atoms with van der Waals surface area (Å²) in [7, 11) is -1.76. The van der Waals surface area contributed by atoms with Crippen molar-refractivity contribution in [1.29, 1.82) is 0 Å². The van der Waals surface area contributed by atoms with E-state index in [-0.39, 0.29) is 10.6 Å². The molecule has 184 valence electrons. The molecule has 0 spiro atoms. The van der Waals surface area contributed by atoms with Crippen molar-refractivity contribution in [2.75, 3.05) is 0 Å². The molecule has 4 heteroatoms. The number of hydrogen-bond donors (Lipinski definition) is 1. The third-order valence-corrected chi connectivity index (χ3v) is 16.5. The summed E-state index contributed by atoms with van der Waals surface area (Å²) in [5, 5.41) is 13.4. The molecule has 0 amide bonds. The zero-order valence-electron chi connectivity index (χ0n) is 22.6. The van der Waals surface area contributed by atoms with Gasteiger partial charge in [0, 0.05) is 5.92 Å². The molecule has 4 fully saturated rings. The molecule has 4 saturated carbocycles. The van der Waals surface area contributed by atoms with Crippen LogP contribution in [0.15, 0.2) is 5.16 Å². The van der Waals surface area contributed by atoms with Crippen LogP contribution < -0.4 is 0 Å². The molecule has 4 aliphatic carbocycles. The van der Waals surface area contributed by atoms with Gasteiger partial charge in [-0.3, -0.25) is 0 Å². The lowest BCUT2D eigenvalue weighted by Crippen LogP contribution is -2.58. The summed E-state index contributed by atoms with van der Waals surface area (Å²) in [5.41, 5.74) is 1.87. The maximum atomic E-state index is 9.49. The minimum absolute atomic E-state index is 0.0658. The van der Waals surface area contributed by atoms with E-state index in [4.69, 9.17) is 4.43 Å². The first-order valence-corrected chi connectivity index (χ1v) is 16.5. The van der Waals surface area contributed by atoms with Gasteiger partial charge in [0.15, 0.2) is 8.32 Å². The second kappa shape index (κ2) is 7.83. The normalized spacial score (nSPS) is 47.5. The lowest BCUT2D eigenvalue weighted by Gasteiger charge is -2.63. The van der Waals surface area contributed by atoms with Gasteiger partial charge in [0.25, 0.3) is 0 Å². The number of nitrogens with zero attached hydrogens (tertiary/aromatic N) is 1. The van der Waals surface area contributed by atoms with E-state index in [0.29, 0.717) is 16.7 Å². The molecule has 1 N–H and O–H groups in total. The van der Waals surface area contributed by atoms with Gasteiger partial charge in [-0.2, -0.15) is 0 Å². The summed E-state index contributed by atoms with van der Waals surface area (Å²) in [5.74, 6) is 3.86. The molecule has 0 aliphatic heterocycles. The number of oxime groups is 1. The minimum Gasteiger partial charge on any atom is -0.412 e. The Labute approximate surface area is 199 Å². The first kappa shape index (κ1) is 24.8. The van der Waals surface area contributed by atoms with Crippen molar-refractivity contribution in [3.8, 4) is 0 Å². The van der Waals surface area contributed by atoms with Gasteiger partial charge in [-0.05, 0) is 124 Å². The van der Waals surface area contributed by atoms with Crippen LogP contribution >= 0.6 is 0 Å². The average molecular weight is 462 g/mol. The zero-order chi connectivity index (χ0) is 23.7. The van der Waals surface area contributed by atoms with Crippen LogP contribution in [0, 0.1) is 40.4 Å². The van der Waals surface area contributed by atoms with E-state index in [0.717, 1.165) is 29.4 Å². The van der Waals surface area contributed by atoms with Crippen molar-refractivity contribution < 1.29 is 9.63 Å². The van der Waals surface area contributed by atoms with Crippen molar-refractivity contribution in [3.63, 3.8) is 0 Å². The van der Waals surface area contributed by atoms with Gasteiger partial charge in [0.2, 0.25) is 0 Å². The maximum absolute atomic E-state index is 9.49. The number of rotatable bonds is 3. The van der Waals surface area contributed by atoms with Gasteiger partial charge in [0.1, 0.15) is 0 Å². The third-order valence-electron chi connectivity index (χ3n) is 11.9. The van der Waals surface area contributed by atoms with Crippen LogP contribution in [0.3, 0.4) is 0 Å². The second-order valence-corrected chi connectivity index (χ2v) is 19.3. The molecule has 0 saturated heterocycles. The van der Waals surface area contributed by atoms with Crippen molar-refractivity contribution in [2.45, 2.75) is 130 Å². The lowest BCUT2D eigenvalue weighted by molar-refractivity contribution is -0.140. The van der Waals surface area contributed by atoms with Gasteiger partial charge in [-0.15, -0.1) is 0 Å². The first-order chi connectivity index (χ1) is 14.7. The molecule has 8 atom stereocenters. The quantitative estimate of drug-likeness (QED) is 0.199. The summed E-state index contributed by atoms with van der Waals surface area (Å²) in [4.78, 5) is 0. The predicted molar refractivity (Wildman–Crippen MR) is 137 cm³/mol. The highest BCUT2D eigenvalue weighted by molar-refractivity contribution is 6.74. The monoisotopic (exact) mass is 461 g/mol. The molecule has 0 bridgehead atoms. The average Bonchev–Trinajstić information content (AvgIpc) is 3.04. The molecule has 3 nitrogen and oxygen atoms in total. The molecule has 0 aromatic rings. The van der Waals surface area contributed by atoms with E-state index < -0.39 is 8.32 Å². The van der Waals surface area contributed by atoms with E-state index >= 15 is 0 Å². The minimum atomic E-state index is -1.76. The van der Waals surface area contributed by atoms with E-state index in [2.05, 4.69) is 59.8 Å². The molecule has 4 aliphatic rings. The summed E-state index contributed by atoms with van der Waals surface area (Å²) in [6.07, 6.45) is 11.9.